The van der Waals surface area contributed by atoms with Crippen molar-refractivity contribution < 1.29 is 9.53 Å². The van der Waals surface area contributed by atoms with Crippen molar-refractivity contribution in [3.05, 3.63) is 18.2 Å². The maximum absolute atomic E-state index is 12.1. The molecule has 2 atom stereocenters. The number of hydrogen-bond acceptors (Lipinski definition) is 5. The van der Waals surface area contributed by atoms with Gasteiger partial charge in [-0.2, -0.15) is 0 Å². The van der Waals surface area contributed by atoms with Gasteiger partial charge in [-0.05, 0) is 32.9 Å². The molecule has 1 aliphatic carbocycles. The van der Waals surface area contributed by atoms with Gasteiger partial charge >= 0.3 is 5.97 Å². The lowest BCUT2D eigenvalue weighted by molar-refractivity contribution is -0.148. The minimum absolute atomic E-state index is 0.141. The molecule has 118 valence electrons. The van der Waals surface area contributed by atoms with Crippen molar-refractivity contribution in [2.45, 2.75) is 44.3 Å². The molecule has 0 radical (unpaired) electrons. The third-order valence-electron chi connectivity index (χ3n) is 4.51. The van der Waals surface area contributed by atoms with Crippen LogP contribution in [0.2, 0.25) is 0 Å². The Morgan fingerprint density at radius 3 is 3.00 bits per heavy atom. The maximum atomic E-state index is 12.1. The van der Waals surface area contributed by atoms with E-state index in [0.29, 0.717) is 6.04 Å². The molecular weight excluding hydrogens is 268 g/mol. The van der Waals surface area contributed by atoms with Gasteiger partial charge in [0.15, 0.2) is 0 Å². The van der Waals surface area contributed by atoms with Crippen LogP contribution in [0.3, 0.4) is 0 Å². The fourth-order valence-corrected chi connectivity index (χ4v) is 3.25. The molecule has 1 aliphatic rings. The second-order valence-electron chi connectivity index (χ2n) is 5.87. The third-order valence-corrected chi connectivity index (χ3v) is 4.51. The highest BCUT2D eigenvalue weighted by molar-refractivity contribution is 5.81. The zero-order valence-corrected chi connectivity index (χ0v) is 13.4. The number of nitrogens with zero attached hydrogens (tertiary/aromatic N) is 3. The van der Waals surface area contributed by atoms with Gasteiger partial charge in [0.2, 0.25) is 0 Å². The zero-order chi connectivity index (χ0) is 15.5. The maximum Gasteiger partial charge on any atom is 0.326 e. The predicted molar refractivity (Wildman–Crippen MR) is 80.7 cm³/mol. The molecule has 2 rings (SSSR count). The van der Waals surface area contributed by atoms with Crippen LogP contribution in [0.4, 0.5) is 0 Å². The molecule has 2 unspecified atom stereocenters. The molecule has 1 aromatic rings. The summed E-state index contributed by atoms with van der Waals surface area (Å²) in [6, 6.07) is 0.361. The van der Waals surface area contributed by atoms with Gasteiger partial charge in [-0.15, -0.1) is 0 Å². The lowest BCUT2D eigenvalue weighted by Gasteiger charge is -2.29. The Kier molecular flexibility index (Phi) is 5.00. The van der Waals surface area contributed by atoms with Crippen molar-refractivity contribution in [3.63, 3.8) is 0 Å². The quantitative estimate of drug-likeness (QED) is 0.791. The monoisotopic (exact) mass is 294 g/mol. The van der Waals surface area contributed by atoms with E-state index < -0.39 is 5.54 Å². The van der Waals surface area contributed by atoms with Crippen LogP contribution < -0.4 is 5.32 Å². The molecule has 0 spiro atoms. The summed E-state index contributed by atoms with van der Waals surface area (Å²) in [7, 11) is 5.56. The highest BCUT2D eigenvalue weighted by Crippen LogP contribution is 2.34. The SMILES string of the molecule is CCNC1(C(=O)OC)CCC(N(C)Cc2nccn2C)C1. The fraction of sp³-hybridized carbons (Fsp3) is 0.733. The lowest BCUT2D eigenvalue weighted by Crippen LogP contribution is -2.51. The molecule has 1 saturated carbocycles. The van der Waals surface area contributed by atoms with Crippen LogP contribution in [0.1, 0.15) is 32.0 Å². The zero-order valence-electron chi connectivity index (χ0n) is 13.4. The molecule has 1 fully saturated rings. The van der Waals surface area contributed by atoms with Crippen molar-refractivity contribution in [1.82, 2.24) is 19.8 Å². The first kappa shape index (κ1) is 16.0. The molecular formula is C15H26N4O2. The van der Waals surface area contributed by atoms with E-state index in [9.17, 15) is 4.79 Å². The van der Waals surface area contributed by atoms with E-state index in [1.165, 1.54) is 7.11 Å². The number of aryl methyl sites for hydroxylation is 1. The van der Waals surface area contributed by atoms with Crippen LogP contribution >= 0.6 is 0 Å². The number of likely N-dealkylation sites (N-methyl/N-ethyl adjacent to an activating group) is 1. The topological polar surface area (TPSA) is 59.4 Å². The molecule has 1 N–H and O–H groups in total. The number of methoxy groups -OCH3 is 1. The summed E-state index contributed by atoms with van der Waals surface area (Å²) in [6.07, 6.45) is 6.37. The molecule has 6 heteroatoms. The standard InChI is InChI=1S/C15H26N4O2/c1-5-17-15(14(20)21-4)7-6-12(10-15)19(3)11-13-16-8-9-18(13)2/h8-9,12,17H,5-7,10-11H2,1-4H3. The van der Waals surface area contributed by atoms with Crippen molar-refractivity contribution >= 4 is 5.97 Å². The van der Waals surface area contributed by atoms with Gasteiger partial charge in [0.25, 0.3) is 0 Å². The second kappa shape index (κ2) is 6.58. The van der Waals surface area contributed by atoms with Crippen molar-refractivity contribution in [3.8, 4) is 0 Å². The lowest BCUT2D eigenvalue weighted by atomic mass is 9.97. The molecule has 0 aromatic carbocycles. The Bertz CT molecular complexity index is 488. The highest BCUT2D eigenvalue weighted by atomic mass is 16.5. The van der Waals surface area contributed by atoms with E-state index >= 15 is 0 Å². The van der Waals surface area contributed by atoms with Gasteiger partial charge in [-0.1, -0.05) is 6.92 Å². The molecule has 1 aromatic heterocycles. The van der Waals surface area contributed by atoms with E-state index in [1.54, 1.807) is 0 Å². The number of rotatable bonds is 6. The number of imidazole rings is 1. The Balaban J connectivity index is 2.02. The van der Waals surface area contributed by atoms with Crippen molar-refractivity contribution in [2.24, 2.45) is 7.05 Å². The first-order valence-electron chi connectivity index (χ1n) is 7.52. The number of nitrogens with one attached hydrogen (secondary N) is 1. The summed E-state index contributed by atoms with van der Waals surface area (Å²) in [5.74, 6) is 0.897. The van der Waals surface area contributed by atoms with Crippen LogP contribution in [0.5, 0.6) is 0 Å². The summed E-state index contributed by atoms with van der Waals surface area (Å²) in [5, 5.41) is 3.34. The van der Waals surface area contributed by atoms with Gasteiger partial charge in [0, 0.05) is 25.5 Å². The highest BCUT2D eigenvalue weighted by Gasteiger charge is 2.46. The van der Waals surface area contributed by atoms with Gasteiger partial charge < -0.3 is 14.6 Å². The van der Waals surface area contributed by atoms with Crippen LogP contribution in [-0.4, -0.2) is 52.7 Å². The van der Waals surface area contributed by atoms with E-state index in [4.69, 9.17) is 4.74 Å². The van der Waals surface area contributed by atoms with E-state index in [1.807, 2.05) is 30.9 Å². The van der Waals surface area contributed by atoms with Crippen LogP contribution in [0.25, 0.3) is 0 Å². The van der Waals surface area contributed by atoms with Crippen molar-refractivity contribution in [1.29, 1.82) is 0 Å². The number of ether oxygens (including phenoxy) is 1. The van der Waals surface area contributed by atoms with Gasteiger partial charge in [-0.3, -0.25) is 9.69 Å². The first-order valence-corrected chi connectivity index (χ1v) is 7.52. The summed E-state index contributed by atoms with van der Waals surface area (Å²) < 4.78 is 7.04. The Labute approximate surface area is 126 Å². The molecule has 21 heavy (non-hydrogen) atoms. The van der Waals surface area contributed by atoms with E-state index in [0.717, 1.165) is 38.2 Å². The number of carbonyl (C=O) groups is 1. The summed E-state index contributed by atoms with van der Waals surface area (Å²) in [4.78, 5) is 18.8. The Hall–Kier alpha value is -1.40. The summed E-state index contributed by atoms with van der Waals surface area (Å²) in [6.45, 7) is 3.58. The summed E-state index contributed by atoms with van der Waals surface area (Å²) in [5.41, 5.74) is -0.524. The average molecular weight is 294 g/mol. The van der Waals surface area contributed by atoms with Crippen LogP contribution in [-0.2, 0) is 23.1 Å². The molecule has 0 amide bonds. The van der Waals surface area contributed by atoms with E-state index in [2.05, 4.69) is 22.2 Å². The average Bonchev–Trinajstić information content (AvgIpc) is 3.07. The first-order chi connectivity index (χ1) is 10.0. The predicted octanol–water partition coefficient (Wildman–Crippen LogP) is 0.926. The normalized spacial score (nSPS) is 25.5. The van der Waals surface area contributed by atoms with Gasteiger partial charge in [-0.25, -0.2) is 4.98 Å². The number of hydrogen-bond donors (Lipinski definition) is 1. The number of esters is 1. The summed E-state index contributed by atoms with van der Waals surface area (Å²) >= 11 is 0. The largest absolute Gasteiger partial charge is 0.468 e. The smallest absolute Gasteiger partial charge is 0.326 e. The van der Waals surface area contributed by atoms with Crippen LogP contribution in [0.15, 0.2) is 12.4 Å². The van der Waals surface area contributed by atoms with Crippen LogP contribution in [0, 0.1) is 0 Å². The molecule has 6 nitrogen and oxygen atoms in total. The van der Waals surface area contributed by atoms with Gasteiger partial charge in [0.1, 0.15) is 11.4 Å². The molecule has 0 saturated heterocycles. The Morgan fingerprint density at radius 2 is 2.43 bits per heavy atom. The second-order valence-corrected chi connectivity index (χ2v) is 5.87. The Morgan fingerprint density at radius 1 is 1.67 bits per heavy atom. The minimum Gasteiger partial charge on any atom is -0.468 e. The fourth-order valence-electron chi connectivity index (χ4n) is 3.25. The third kappa shape index (κ3) is 3.27. The minimum atomic E-state index is -0.524. The van der Waals surface area contributed by atoms with Crippen molar-refractivity contribution in [2.75, 3.05) is 20.7 Å². The molecule has 0 bridgehead atoms. The molecule has 0 aliphatic heterocycles. The molecule has 1 heterocycles. The van der Waals surface area contributed by atoms with E-state index in [-0.39, 0.29) is 5.97 Å². The number of aromatic nitrogens is 2. The van der Waals surface area contributed by atoms with Gasteiger partial charge in [0.05, 0.1) is 13.7 Å². The number of carbonyl (C=O) groups excluding carboxylic acids is 1.